The zero-order valence-corrected chi connectivity index (χ0v) is 54.6. The van der Waals surface area contributed by atoms with Gasteiger partial charge in [-0.15, -0.1) is 0 Å². The molecule has 0 heterocycles. The minimum atomic E-state index is -0.779. The van der Waals surface area contributed by atoms with Gasteiger partial charge in [-0.2, -0.15) is 0 Å². The number of rotatable bonds is 67. The summed E-state index contributed by atoms with van der Waals surface area (Å²) in [4.78, 5) is 38.4. The number of carbonyl (C=O) groups excluding carboxylic acids is 3. The lowest BCUT2D eigenvalue weighted by molar-refractivity contribution is -0.167. The minimum absolute atomic E-state index is 0.0738. The van der Waals surface area contributed by atoms with Crippen LogP contribution in [0.1, 0.15) is 393 Å². The molecule has 6 heteroatoms. The number of unbranched alkanes of at least 4 members (excludes halogenated alkanes) is 48. The highest BCUT2D eigenvalue weighted by Gasteiger charge is 2.19. The molecule has 0 saturated carbocycles. The molecule has 0 aromatic rings. The van der Waals surface area contributed by atoms with Crippen LogP contribution in [-0.2, 0) is 28.6 Å². The van der Waals surface area contributed by atoms with Crippen molar-refractivity contribution in [3.05, 3.63) is 48.6 Å². The van der Waals surface area contributed by atoms with Crippen molar-refractivity contribution in [2.45, 2.75) is 399 Å². The first-order valence-corrected chi connectivity index (χ1v) is 36.1. The maximum atomic E-state index is 12.9. The van der Waals surface area contributed by atoms with Crippen LogP contribution in [0.3, 0.4) is 0 Å². The number of hydrogen-bond donors (Lipinski definition) is 0. The van der Waals surface area contributed by atoms with E-state index in [1.807, 2.05) is 0 Å². The van der Waals surface area contributed by atoms with Gasteiger partial charge in [0.15, 0.2) is 6.10 Å². The molecular formula is C75H138O6. The second-order valence-corrected chi connectivity index (χ2v) is 24.5. The van der Waals surface area contributed by atoms with Crippen molar-refractivity contribution in [2.75, 3.05) is 13.2 Å². The predicted octanol–water partition coefficient (Wildman–Crippen LogP) is 24.9. The second-order valence-electron chi connectivity index (χ2n) is 24.5. The van der Waals surface area contributed by atoms with Crippen LogP contribution in [0.4, 0.5) is 0 Å². The van der Waals surface area contributed by atoms with E-state index < -0.39 is 6.10 Å². The fraction of sp³-hybridized carbons (Fsp3) is 0.853. The van der Waals surface area contributed by atoms with Gasteiger partial charge in [0.25, 0.3) is 0 Å². The maximum Gasteiger partial charge on any atom is 0.306 e. The molecule has 0 aromatic heterocycles. The summed E-state index contributed by atoms with van der Waals surface area (Å²) in [5.41, 5.74) is 0. The molecule has 1 unspecified atom stereocenters. The van der Waals surface area contributed by atoms with Gasteiger partial charge >= 0.3 is 17.9 Å². The number of esters is 3. The Morgan fingerprint density at radius 2 is 0.481 bits per heavy atom. The summed E-state index contributed by atoms with van der Waals surface area (Å²) in [5, 5.41) is 0. The van der Waals surface area contributed by atoms with Gasteiger partial charge in [0.2, 0.25) is 0 Å². The smallest absolute Gasteiger partial charge is 0.306 e. The molecule has 1 atom stereocenters. The number of hydrogen-bond acceptors (Lipinski definition) is 6. The molecule has 0 N–H and O–H groups in total. The van der Waals surface area contributed by atoms with Gasteiger partial charge in [0, 0.05) is 19.3 Å². The minimum Gasteiger partial charge on any atom is -0.462 e. The molecule has 81 heavy (non-hydrogen) atoms. The van der Waals surface area contributed by atoms with Crippen molar-refractivity contribution < 1.29 is 28.6 Å². The van der Waals surface area contributed by atoms with Gasteiger partial charge in [0.05, 0.1) is 0 Å². The molecule has 0 radical (unpaired) electrons. The summed E-state index contributed by atoms with van der Waals surface area (Å²) in [6, 6.07) is 0. The lowest BCUT2D eigenvalue weighted by Gasteiger charge is -2.18. The van der Waals surface area contributed by atoms with Gasteiger partial charge < -0.3 is 14.2 Å². The second kappa shape index (κ2) is 69.9. The lowest BCUT2D eigenvalue weighted by Crippen LogP contribution is -2.30. The van der Waals surface area contributed by atoms with E-state index in [9.17, 15) is 14.4 Å². The summed E-state index contributed by atoms with van der Waals surface area (Å²) in [7, 11) is 0. The largest absolute Gasteiger partial charge is 0.462 e. The van der Waals surface area contributed by atoms with Crippen LogP contribution < -0.4 is 0 Å². The molecule has 0 aliphatic rings. The normalized spacial score (nSPS) is 12.3. The molecule has 0 aliphatic carbocycles. The lowest BCUT2D eigenvalue weighted by atomic mass is 10.0. The molecule has 0 amide bonds. The Labute approximate surface area is 505 Å². The molecule has 0 fully saturated rings. The van der Waals surface area contributed by atoms with E-state index in [0.717, 1.165) is 96.3 Å². The Hall–Kier alpha value is -2.63. The molecular weight excluding hydrogens is 997 g/mol. The number of carbonyl (C=O) groups is 3. The molecule has 0 spiro atoms. The average Bonchev–Trinajstić information content (AvgIpc) is 3.47. The van der Waals surface area contributed by atoms with E-state index >= 15 is 0 Å². The number of allylic oxidation sites excluding steroid dienone is 8. The van der Waals surface area contributed by atoms with Gasteiger partial charge in [-0.05, 0) is 57.8 Å². The first-order valence-electron chi connectivity index (χ1n) is 36.1. The quantitative estimate of drug-likeness (QED) is 0.0261. The first kappa shape index (κ1) is 78.4. The highest BCUT2D eigenvalue weighted by molar-refractivity contribution is 5.71. The Bertz CT molecular complexity index is 1400. The molecule has 474 valence electrons. The van der Waals surface area contributed by atoms with Crippen LogP contribution in [0.5, 0.6) is 0 Å². The predicted molar refractivity (Wildman–Crippen MR) is 353 cm³/mol. The molecule has 0 aliphatic heterocycles. The van der Waals surface area contributed by atoms with Crippen molar-refractivity contribution in [1.29, 1.82) is 0 Å². The van der Waals surface area contributed by atoms with Gasteiger partial charge in [-0.25, -0.2) is 0 Å². The molecule has 0 rings (SSSR count). The summed E-state index contributed by atoms with van der Waals surface area (Å²) >= 11 is 0. The summed E-state index contributed by atoms with van der Waals surface area (Å²) in [6.45, 7) is 6.59. The van der Waals surface area contributed by atoms with Crippen molar-refractivity contribution in [3.63, 3.8) is 0 Å². The summed E-state index contributed by atoms with van der Waals surface area (Å²) in [5.74, 6) is -0.860. The third-order valence-corrected chi connectivity index (χ3v) is 16.3. The first-order chi connectivity index (χ1) is 40.0. The third-order valence-electron chi connectivity index (χ3n) is 16.3. The SMILES string of the molecule is CC/C=C\C/C=C\C/C=C\C/C=C\CCCCCCCCC(=O)OC(COC(=O)CCCCCCCCCCCCCCCC)COC(=O)CCCCCCCCCCCCCCCCCCCCCCCCCCCCCCCC. The standard InChI is InChI=1S/C75H138O6/c1-4-7-10-13-16-19-22-25-28-30-32-33-34-35-36-37-38-39-40-41-42-44-45-47-50-53-56-59-62-65-68-74(77)80-71-72(70-79-73(76)67-64-61-58-55-52-49-27-24-21-18-15-12-9-6-3)81-75(78)69-66-63-60-57-54-51-48-46-43-31-29-26-23-20-17-14-11-8-5-2/h8,11,17,20,26,29,43,46,72H,4-7,9-10,12-16,18-19,21-25,27-28,30-42,44-45,47-71H2,1-3H3/b11-8-,20-17-,29-26-,46-43-. The Balaban J connectivity index is 4.19. The Morgan fingerprint density at radius 3 is 0.753 bits per heavy atom. The topological polar surface area (TPSA) is 78.9 Å². The molecule has 0 saturated heterocycles. The van der Waals surface area contributed by atoms with Crippen molar-refractivity contribution in [2.24, 2.45) is 0 Å². The van der Waals surface area contributed by atoms with Crippen LogP contribution in [0.15, 0.2) is 48.6 Å². The summed E-state index contributed by atoms with van der Waals surface area (Å²) in [6.07, 6.45) is 88.7. The molecule has 0 aromatic carbocycles. The number of ether oxygens (including phenoxy) is 3. The van der Waals surface area contributed by atoms with E-state index in [4.69, 9.17) is 14.2 Å². The summed E-state index contributed by atoms with van der Waals surface area (Å²) < 4.78 is 17.0. The van der Waals surface area contributed by atoms with Crippen LogP contribution in [-0.4, -0.2) is 37.2 Å². The van der Waals surface area contributed by atoms with Crippen molar-refractivity contribution in [1.82, 2.24) is 0 Å². The highest BCUT2D eigenvalue weighted by atomic mass is 16.6. The zero-order valence-electron chi connectivity index (χ0n) is 54.6. The van der Waals surface area contributed by atoms with Gasteiger partial charge in [-0.1, -0.05) is 365 Å². The van der Waals surface area contributed by atoms with E-state index in [1.54, 1.807) is 0 Å². The van der Waals surface area contributed by atoms with E-state index in [-0.39, 0.29) is 31.1 Å². The third kappa shape index (κ3) is 68.0. The maximum absolute atomic E-state index is 12.9. The Kier molecular flexibility index (Phi) is 67.6. The van der Waals surface area contributed by atoms with Gasteiger partial charge in [-0.3, -0.25) is 14.4 Å². The average molecular weight is 1140 g/mol. The van der Waals surface area contributed by atoms with Gasteiger partial charge in [0.1, 0.15) is 13.2 Å². The fourth-order valence-corrected chi connectivity index (χ4v) is 11.0. The molecule has 6 nitrogen and oxygen atoms in total. The van der Waals surface area contributed by atoms with E-state index in [2.05, 4.69) is 69.4 Å². The fourth-order valence-electron chi connectivity index (χ4n) is 11.0. The monoisotopic (exact) mass is 1140 g/mol. The Morgan fingerprint density at radius 1 is 0.259 bits per heavy atom. The van der Waals surface area contributed by atoms with E-state index in [0.29, 0.717) is 19.3 Å². The molecule has 0 bridgehead atoms. The zero-order chi connectivity index (χ0) is 58.5. The van der Waals surface area contributed by atoms with Crippen LogP contribution in [0.25, 0.3) is 0 Å². The van der Waals surface area contributed by atoms with Crippen LogP contribution in [0, 0.1) is 0 Å². The van der Waals surface area contributed by atoms with Crippen LogP contribution in [0.2, 0.25) is 0 Å². The van der Waals surface area contributed by atoms with Crippen LogP contribution >= 0.6 is 0 Å². The van der Waals surface area contributed by atoms with Crippen molar-refractivity contribution >= 4 is 17.9 Å². The van der Waals surface area contributed by atoms with E-state index in [1.165, 1.54) is 257 Å². The van der Waals surface area contributed by atoms with Crippen molar-refractivity contribution in [3.8, 4) is 0 Å². The highest BCUT2D eigenvalue weighted by Crippen LogP contribution is 2.19.